The standard InChI is InChI=1S/C28H32O5S2/c1-33-23-16-18-24(19-17-23)35(31,32)26(15-9-8-12-21-10-4-2-5-11-21)27(28(29)30)25(34)20-22-13-6-3-7-14-22/h2-7,10-11,13-14,16-19,25-27,34H,8-9,12,15,20H2,1H3,(H,29,30)/t25?,26-,27?/m1/s1. The zero-order chi connectivity index (χ0) is 25.3. The number of aliphatic carboxylic acids is 1. The Hall–Kier alpha value is -2.77. The highest BCUT2D eigenvalue weighted by molar-refractivity contribution is 7.92. The number of sulfone groups is 1. The van der Waals surface area contributed by atoms with E-state index in [0.29, 0.717) is 18.6 Å². The number of carbonyl (C=O) groups is 1. The molecule has 1 N–H and O–H groups in total. The molecule has 0 saturated heterocycles. The first-order valence-corrected chi connectivity index (χ1v) is 13.8. The van der Waals surface area contributed by atoms with Gasteiger partial charge in [0.1, 0.15) is 5.75 Å². The maximum absolute atomic E-state index is 13.8. The lowest BCUT2D eigenvalue weighted by atomic mass is 9.92. The van der Waals surface area contributed by atoms with Gasteiger partial charge in [-0.2, -0.15) is 12.6 Å². The van der Waals surface area contributed by atoms with Gasteiger partial charge >= 0.3 is 5.97 Å². The third kappa shape index (κ3) is 7.36. The lowest BCUT2D eigenvalue weighted by Crippen LogP contribution is -2.41. The summed E-state index contributed by atoms with van der Waals surface area (Å²) in [6.07, 6.45) is 2.76. The smallest absolute Gasteiger partial charge is 0.308 e. The van der Waals surface area contributed by atoms with Gasteiger partial charge in [0.05, 0.1) is 23.2 Å². The van der Waals surface area contributed by atoms with E-state index in [1.54, 1.807) is 12.1 Å². The topological polar surface area (TPSA) is 80.7 Å². The fraction of sp³-hybridized carbons (Fsp3) is 0.321. The van der Waals surface area contributed by atoms with Crippen LogP contribution in [0.25, 0.3) is 0 Å². The van der Waals surface area contributed by atoms with Gasteiger partial charge in [0.2, 0.25) is 0 Å². The Morgan fingerprint density at radius 3 is 2.00 bits per heavy atom. The van der Waals surface area contributed by atoms with Crippen molar-refractivity contribution in [2.45, 2.75) is 47.5 Å². The monoisotopic (exact) mass is 512 g/mol. The van der Waals surface area contributed by atoms with Gasteiger partial charge in [-0.25, -0.2) is 8.42 Å². The Balaban J connectivity index is 1.86. The number of carboxylic acid groups (broad SMARTS) is 1. The Bertz CT molecular complexity index is 1160. The number of unbranched alkanes of at least 4 members (excludes halogenated alkanes) is 1. The first kappa shape index (κ1) is 26.8. The van der Waals surface area contributed by atoms with Gasteiger partial charge in [-0.05, 0) is 61.1 Å². The van der Waals surface area contributed by atoms with Crippen LogP contribution in [0, 0.1) is 5.92 Å². The minimum atomic E-state index is -3.94. The molecule has 3 atom stereocenters. The molecule has 7 heteroatoms. The average Bonchev–Trinajstić information content (AvgIpc) is 2.86. The number of aryl methyl sites for hydroxylation is 1. The van der Waals surface area contributed by atoms with E-state index in [-0.39, 0.29) is 11.3 Å². The van der Waals surface area contributed by atoms with Crippen LogP contribution in [0.15, 0.2) is 89.8 Å². The average molecular weight is 513 g/mol. The SMILES string of the molecule is COc1ccc(S(=O)(=O)[C@H](CCCCc2ccccc2)C(C(=O)O)C(S)Cc2ccccc2)cc1. The Morgan fingerprint density at radius 2 is 1.46 bits per heavy atom. The molecular weight excluding hydrogens is 480 g/mol. The predicted octanol–water partition coefficient (Wildman–Crippen LogP) is 5.49. The van der Waals surface area contributed by atoms with Crippen molar-refractivity contribution in [1.82, 2.24) is 0 Å². The normalized spacial score (nSPS) is 14.1. The van der Waals surface area contributed by atoms with Crippen molar-refractivity contribution >= 4 is 28.4 Å². The van der Waals surface area contributed by atoms with E-state index in [0.717, 1.165) is 18.4 Å². The van der Waals surface area contributed by atoms with Gasteiger partial charge in [-0.1, -0.05) is 67.1 Å². The van der Waals surface area contributed by atoms with Gasteiger partial charge in [-0.15, -0.1) is 0 Å². The van der Waals surface area contributed by atoms with Crippen LogP contribution in [0.1, 0.15) is 30.4 Å². The third-order valence-electron chi connectivity index (χ3n) is 6.22. The Labute approximate surface area is 213 Å². The van der Waals surface area contributed by atoms with E-state index in [1.807, 2.05) is 60.7 Å². The lowest BCUT2D eigenvalue weighted by molar-refractivity contribution is -0.141. The number of carboxylic acids is 1. The molecule has 0 amide bonds. The second-order valence-electron chi connectivity index (χ2n) is 8.61. The van der Waals surface area contributed by atoms with Crippen molar-refractivity contribution in [2.75, 3.05) is 7.11 Å². The molecular formula is C28H32O5S2. The summed E-state index contributed by atoms with van der Waals surface area (Å²) in [6.45, 7) is 0. The van der Waals surface area contributed by atoms with Crippen LogP contribution in [-0.2, 0) is 27.5 Å². The Morgan fingerprint density at radius 1 is 0.886 bits per heavy atom. The van der Waals surface area contributed by atoms with E-state index in [4.69, 9.17) is 4.74 Å². The van der Waals surface area contributed by atoms with E-state index in [9.17, 15) is 18.3 Å². The van der Waals surface area contributed by atoms with Crippen molar-refractivity contribution in [1.29, 1.82) is 0 Å². The molecule has 0 saturated carbocycles. The number of rotatable bonds is 13. The van der Waals surface area contributed by atoms with Crippen LogP contribution in [-0.4, -0.2) is 37.1 Å². The largest absolute Gasteiger partial charge is 0.497 e. The number of ether oxygens (including phenoxy) is 1. The highest BCUT2D eigenvalue weighted by atomic mass is 32.2. The first-order chi connectivity index (χ1) is 16.8. The minimum absolute atomic E-state index is 0.0952. The summed E-state index contributed by atoms with van der Waals surface area (Å²) in [7, 11) is -2.43. The van der Waals surface area contributed by atoms with Crippen molar-refractivity contribution in [3.05, 3.63) is 96.1 Å². The first-order valence-electron chi connectivity index (χ1n) is 11.7. The van der Waals surface area contributed by atoms with Crippen LogP contribution in [0.2, 0.25) is 0 Å². The highest BCUT2D eigenvalue weighted by Crippen LogP contribution is 2.32. The molecule has 3 aromatic rings. The highest BCUT2D eigenvalue weighted by Gasteiger charge is 2.42. The number of methoxy groups -OCH3 is 1. The summed E-state index contributed by atoms with van der Waals surface area (Å²) in [4.78, 5) is 12.6. The van der Waals surface area contributed by atoms with E-state index in [2.05, 4.69) is 12.6 Å². The van der Waals surface area contributed by atoms with Crippen LogP contribution in [0.3, 0.4) is 0 Å². The molecule has 0 aliphatic carbocycles. The molecule has 5 nitrogen and oxygen atoms in total. The lowest BCUT2D eigenvalue weighted by Gasteiger charge is -2.28. The van der Waals surface area contributed by atoms with Crippen molar-refractivity contribution in [3.63, 3.8) is 0 Å². The summed E-state index contributed by atoms with van der Waals surface area (Å²) in [5, 5.41) is 8.42. The number of hydrogen-bond donors (Lipinski definition) is 2. The van der Waals surface area contributed by atoms with Gasteiger partial charge in [-0.3, -0.25) is 4.79 Å². The molecule has 0 aromatic heterocycles. The third-order valence-corrected chi connectivity index (χ3v) is 8.98. The van der Waals surface area contributed by atoms with E-state index >= 15 is 0 Å². The van der Waals surface area contributed by atoms with Crippen LogP contribution in [0.4, 0.5) is 0 Å². The van der Waals surface area contributed by atoms with Crippen LogP contribution in [0.5, 0.6) is 5.75 Å². The number of hydrogen-bond acceptors (Lipinski definition) is 5. The van der Waals surface area contributed by atoms with Crippen molar-refractivity contribution < 1.29 is 23.1 Å². The second kappa shape index (κ2) is 12.8. The number of benzene rings is 3. The van der Waals surface area contributed by atoms with Gasteiger partial charge in [0.25, 0.3) is 0 Å². The maximum Gasteiger partial charge on any atom is 0.308 e. The van der Waals surface area contributed by atoms with Gasteiger partial charge in [0, 0.05) is 5.25 Å². The molecule has 35 heavy (non-hydrogen) atoms. The molecule has 3 rings (SSSR count). The molecule has 186 valence electrons. The Kier molecular flexibility index (Phi) is 9.81. The molecule has 3 aromatic carbocycles. The van der Waals surface area contributed by atoms with E-state index < -0.39 is 32.2 Å². The van der Waals surface area contributed by atoms with Crippen molar-refractivity contribution in [2.24, 2.45) is 5.92 Å². The molecule has 0 radical (unpaired) electrons. The summed E-state index contributed by atoms with van der Waals surface area (Å²) >= 11 is 4.63. The van der Waals surface area contributed by atoms with Gasteiger partial charge in [0.15, 0.2) is 9.84 Å². The zero-order valence-electron chi connectivity index (χ0n) is 19.8. The fourth-order valence-corrected chi connectivity index (χ4v) is 7.04. The molecule has 0 aliphatic rings. The summed E-state index contributed by atoms with van der Waals surface area (Å²) in [5.41, 5.74) is 2.09. The van der Waals surface area contributed by atoms with Crippen molar-refractivity contribution in [3.8, 4) is 5.75 Å². The molecule has 2 unspecified atom stereocenters. The molecule has 0 heterocycles. The quantitative estimate of drug-likeness (QED) is 0.234. The minimum Gasteiger partial charge on any atom is -0.497 e. The van der Waals surface area contributed by atoms with Crippen LogP contribution >= 0.6 is 12.6 Å². The summed E-state index contributed by atoms with van der Waals surface area (Å²) < 4.78 is 32.7. The fourth-order valence-electron chi connectivity index (χ4n) is 4.34. The maximum atomic E-state index is 13.8. The molecule has 0 fully saturated rings. The zero-order valence-corrected chi connectivity index (χ0v) is 21.5. The second-order valence-corrected chi connectivity index (χ2v) is 11.4. The van der Waals surface area contributed by atoms with Gasteiger partial charge < -0.3 is 9.84 Å². The summed E-state index contributed by atoms with van der Waals surface area (Å²) in [5.74, 6) is -1.78. The molecule has 0 bridgehead atoms. The molecule has 0 aliphatic heterocycles. The number of thiol groups is 1. The molecule has 0 spiro atoms. The summed E-state index contributed by atoms with van der Waals surface area (Å²) in [6, 6.07) is 25.5. The van der Waals surface area contributed by atoms with Crippen LogP contribution < -0.4 is 4.74 Å². The van der Waals surface area contributed by atoms with E-state index in [1.165, 1.54) is 24.8 Å². The predicted molar refractivity (Wildman–Crippen MR) is 142 cm³/mol.